The Morgan fingerprint density at radius 3 is 2.83 bits per heavy atom. The lowest BCUT2D eigenvalue weighted by Crippen LogP contribution is -2.26. The van der Waals surface area contributed by atoms with E-state index in [4.69, 9.17) is 4.74 Å². The predicted octanol–water partition coefficient (Wildman–Crippen LogP) is 2.07. The Morgan fingerprint density at radius 2 is 2.07 bits per heavy atom. The van der Waals surface area contributed by atoms with E-state index in [2.05, 4.69) is 15.5 Å². The fourth-order valence-corrected chi connectivity index (χ4v) is 3.47. The monoisotopic (exact) mass is 397 g/mol. The molecule has 154 valence electrons. The molecule has 2 heterocycles. The summed E-state index contributed by atoms with van der Waals surface area (Å²) in [5.41, 5.74) is 0.688. The van der Waals surface area contributed by atoms with Gasteiger partial charge in [-0.1, -0.05) is 12.1 Å². The molecular formula is C21H27N5O3. The highest BCUT2D eigenvalue weighted by molar-refractivity contribution is 5.80. The van der Waals surface area contributed by atoms with Crippen molar-refractivity contribution in [1.82, 2.24) is 24.5 Å². The Bertz CT molecular complexity index is 1080. The number of aromatic nitrogens is 4. The average Bonchev–Trinajstić information content (AvgIpc) is 3.41. The molecule has 0 spiro atoms. The minimum Gasteiger partial charge on any atom is -0.379 e. The highest BCUT2D eigenvalue weighted by Gasteiger charge is 2.23. The van der Waals surface area contributed by atoms with Gasteiger partial charge in [-0.05, 0) is 45.2 Å². The van der Waals surface area contributed by atoms with Gasteiger partial charge in [-0.3, -0.25) is 18.6 Å². The Labute approximate surface area is 168 Å². The molecule has 29 heavy (non-hydrogen) atoms. The Kier molecular flexibility index (Phi) is 5.62. The van der Waals surface area contributed by atoms with Gasteiger partial charge in [0.15, 0.2) is 0 Å². The van der Waals surface area contributed by atoms with E-state index in [1.165, 1.54) is 0 Å². The van der Waals surface area contributed by atoms with Gasteiger partial charge >= 0.3 is 0 Å². The molecule has 4 rings (SSSR count). The summed E-state index contributed by atoms with van der Waals surface area (Å²) in [6.07, 6.45) is 3.82. The molecule has 0 saturated heterocycles. The van der Waals surface area contributed by atoms with Crippen molar-refractivity contribution in [2.45, 2.75) is 64.6 Å². The molecule has 2 aromatic heterocycles. The lowest BCUT2D eigenvalue weighted by Gasteiger charge is -2.12. The van der Waals surface area contributed by atoms with Crippen molar-refractivity contribution in [1.29, 1.82) is 0 Å². The summed E-state index contributed by atoms with van der Waals surface area (Å²) in [5.74, 6) is 1.23. The van der Waals surface area contributed by atoms with Crippen LogP contribution in [0.15, 0.2) is 29.1 Å². The van der Waals surface area contributed by atoms with E-state index in [1.54, 1.807) is 4.57 Å². The van der Waals surface area contributed by atoms with Crippen molar-refractivity contribution in [3.8, 4) is 0 Å². The zero-order valence-corrected chi connectivity index (χ0v) is 16.9. The Balaban J connectivity index is 1.65. The van der Waals surface area contributed by atoms with Gasteiger partial charge in [0.25, 0.3) is 5.56 Å². The Hall–Kier alpha value is -2.74. The van der Waals surface area contributed by atoms with Crippen LogP contribution in [-0.2, 0) is 22.5 Å². The molecule has 1 aliphatic carbocycles. The summed E-state index contributed by atoms with van der Waals surface area (Å²) in [6, 6.07) is 7.81. The van der Waals surface area contributed by atoms with Crippen molar-refractivity contribution >= 4 is 22.6 Å². The third kappa shape index (κ3) is 4.32. The third-order valence-corrected chi connectivity index (χ3v) is 5.07. The van der Waals surface area contributed by atoms with E-state index in [0.717, 1.165) is 18.4 Å². The second-order valence-corrected chi connectivity index (χ2v) is 7.84. The van der Waals surface area contributed by atoms with Crippen LogP contribution in [0.5, 0.6) is 0 Å². The number of carbonyl (C=O) groups excluding carboxylic acids is 1. The number of amides is 1. The number of carbonyl (C=O) groups is 1. The molecule has 8 heteroatoms. The second kappa shape index (κ2) is 8.32. The highest BCUT2D eigenvalue weighted by atomic mass is 16.5. The maximum absolute atomic E-state index is 13.1. The number of nitrogens with one attached hydrogen (secondary N) is 1. The maximum atomic E-state index is 13.1. The molecule has 8 nitrogen and oxygen atoms in total. The van der Waals surface area contributed by atoms with Crippen LogP contribution < -0.4 is 10.9 Å². The first-order chi connectivity index (χ1) is 14.0. The fraction of sp³-hybridized carbons (Fsp3) is 0.524. The minimum atomic E-state index is -0.0805. The van der Waals surface area contributed by atoms with E-state index < -0.39 is 0 Å². The topological polar surface area (TPSA) is 90.5 Å². The second-order valence-electron chi connectivity index (χ2n) is 7.84. The molecule has 0 radical (unpaired) electrons. The number of nitrogens with zero attached hydrogens (tertiary/aromatic N) is 4. The predicted molar refractivity (Wildman–Crippen MR) is 110 cm³/mol. The summed E-state index contributed by atoms with van der Waals surface area (Å²) >= 11 is 0. The highest BCUT2D eigenvalue weighted by Crippen LogP contribution is 2.19. The summed E-state index contributed by atoms with van der Waals surface area (Å²) in [6.45, 7) is 5.06. The van der Waals surface area contributed by atoms with Crippen molar-refractivity contribution < 1.29 is 9.53 Å². The molecule has 1 aromatic carbocycles. The molecule has 1 fully saturated rings. The van der Waals surface area contributed by atoms with E-state index in [1.807, 2.05) is 42.5 Å². The van der Waals surface area contributed by atoms with Crippen LogP contribution in [0.2, 0.25) is 0 Å². The quantitative estimate of drug-likeness (QED) is 0.558. The summed E-state index contributed by atoms with van der Waals surface area (Å²) in [7, 11) is 0. The molecule has 0 unspecified atom stereocenters. The summed E-state index contributed by atoms with van der Waals surface area (Å²) in [5, 5.41) is 12.2. The number of hydrogen-bond donors (Lipinski definition) is 1. The van der Waals surface area contributed by atoms with Gasteiger partial charge in [0.2, 0.25) is 11.7 Å². The van der Waals surface area contributed by atoms with Gasteiger partial charge < -0.3 is 10.1 Å². The first kappa shape index (κ1) is 19.6. The minimum absolute atomic E-state index is 0.0349. The number of fused-ring (bicyclic) bond motifs is 3. The molecule has 1 aliphatic rings. The van der Waals surface area contributed by atoms with Crippen LogP contribution in [0.25, 0.3) is 16.7 Å². The van der Waals surface area contributed by atoms with Gasteiger partial charge in [-0.25, -0.2) is 0 Å². The van der Waals surface area contributed by atoms with Crippen molar-refractivity contribution in [2.75, 3.05) is 6.61 Å². The van der Waals surface area contributed by atoms with Crippen LogP contribution in [-0.4, -0.2) is 43.8 Å². The zero-order chi connectivity index (χ0) is 20.4. The molecule has 3 aromatic rings. The molecule has 0 bridgehead atoms. The molecule has 0 aliphatic heterocycles. The smallest absolute Gasteiger partial charge is 0.262 e. The van der Waals surface area contributed by atoms with Crippen LogP contribution in [0.3, 0.4) is 0 Å². The lowest BCUT2D eigenvalue weighted by atomic mass is 10.2. The number of benzene rings is 1. The van der Waals surface area contributed by atoms with Gasteiger partial charge in [-0.2, -0.15) is 0 Å². The van der Waals surface area contributed by atoms with Crippen molar-refractivity contribution in [2.24, 2.45) is 0 Å². The van der Waals surface area contributed by atoms with Crippen LogP contribution in [0.4, 0.5) is 0 Å². The number of rotatable bonds is 9. The van der Waals surface area contributed by atoms with Crippen molar-refractivity contribution in [3.05, 3.63) is 40.4 Å². The Morgan fingerprint density at radius 1 is 1.28 bits per heavy atom. The van der Waals surface area contributed by atoms with Gasteiger partial charge in [-0.15, -0.1) is 10.2 Å². The van der Waals surface area contributed by atoms with Crippen LogP contribution in [0, 0.1) is 0 Å². The fourth-order valence-electron chi connectivity index (χ4n) is 3.47. The van der Waals surface area contributed by atoms with E-state index in [9.17, 15) is 9.59 Å². The number of aryl methyl sites for hydroxylation is 2. The first-order valence-electron chi connectivity index (χ1n) is 10.3. The molecule has 0 atom stereocenters. The van der Waals surface area contributed by atoms with Crippen LogP contribution >= 0.6 is 0 Å². The van der Waals surface area contributed by atoms with Crippen molar-refractivity contribution in [3.63, 3.8) is 0 Å². The average molecular weight is 397 g/mol. The third-order valence-electron chi connectivity index (χ3n) is 5.07. The standard InChI is InChI=1S/C21H27N5O3/c1-14(2)29-13-5-12-25-20(28)16-6-3-4-7-17(16)26-18(23-24-21(25)26)10-11-19(27)22-15-8-9-15/h3-4,6-7,14-15H,5,8-13H2,1-2H3,(H,22,27). The number of para-hydroxylation sites is 1. The SMILES string of the molecule is CC(C)OCCCn1c(=O)c2ccccc2n2c(CCC(=O)NC3CC3)nnc12. The molecule has 1 N–H and O–H groups in total. The zero-order valence-electron chi connectivity index (χ0n) is 16.9. The van der Waals surface area contributed by atoms with Gasteiger partial charge in [0.1, 0.15) is 5.82 Å². The van der Waals surface area contributed by atoms with E-state index in [0.29, 0.717) is 55.4 Å². The first-order valence-corrected chi connectivity index (χ1v) is 10.3. The number of ether oxygens (including phenoxy) is 1. The molecule has 1 saturated carbocycles. The molecular weight excluding hydrogens is 370 g/mol. The lowest BCUT2D eigenvalue weighted by molar-refractivity contribution is -0.121. The summed E-state index contributed by atoms with van der Waals surface area (Å²) in [4.78, 5) is 25.2. The largest absolute Gasteiger partial charge is 0.379 e. The van der Waals surface area contributed by atoms with Gasteiger partial charge in [0, 0.05) is 32.0 Å². The van der Waals surface area contributed by atoms with Gasteiger partial charge in [0.05, 0.1) is 17.0 Å². The normalized spacial score (nSPS) is 14.2. The van der Waals surface area contributed by atoms with E-state index >= 15 is 0 Å². The number of hydrogen-bond acceptors (Lipinski definition) is 5. The summed E-state index contributed by atoms with van der Waals surface area (Å²) < 4.78 is 9.17. The maximum Gasteiger partial charge on any atom is 0.262 e. The van der Waals surface area contributed by atoms with Crippen LogP contribution in [0.1, 0.15) is 45.4 Å². The molecule has 1 amide bonds. The van der Waals surface area contributed by atoms with E-state index in [-0.39, 0.29) is 17.6 Å².